The highest BCUT2D eigenvalue weighted by Crippen LogP contribution is 2.33. The van der Waals surface area contributed by atoms with Crippen LogP contribution in [0.2, 0.25) is 5.15 Å². The van der Waals surface area contributed by atoms with Crippen LogP contribution in [0.25, 0.3) is 0 Å². The van der Waals surface area contributed by atoms with Crippen LogP contribution >= 0.6 is 27.5 Å². The van der Waals surface area contributed by atoms with Crippen LogP contribution in [-0.4, -0.2) is 23.7 Å². The van der Waals surface area contributed by atoms with Crippen LogP contribution in [0.15, 0.2) is 28.7 Å². The zero-order valence-corrected chi connectivity index (χ0v) is 13.8. The van der Waals surface area contributed by atoms with E-state index in [1.165, 1.54) is 5.56 Å². The average Bonchev–Trinajstić information content (AvgIpc) is 2.51. The number of ether oxygens (including phenoxy) is 2. The Balaban J connectivity index is 1.91. The van der Waals surface area contributed by atoms with Gasteiger partial charge in [0.25, 0.3) is 0 Å². The van der Waals surface area contributed by atoms with Crippen LogP contribution in [0.5, 0.6) is 5.75 Å². The summed E-state index contributed by atoms with van der Waals surface area (Å²) in [7, 11) is 1.63. The van der Waals surface area contributed by atoms with E-state index < -0.39 is 0 Å². The number of hydrogen-bond acceptors (Lipinski definition) is 4. The summed E-state index contributed by atoms with van der Waals surface area (Å²) in [6.07, 6.45) is 0.848. The summed E-state index contributed by atoms with van der Waals surface area (Å²) in [5.41, 5.74) is 1.93. The highest BCUT2D eigenvalue weighted by atomic mass is 79.9. The normalized spacial score (nSPS) is 17.2. The SMILES string of the molecule is COCc1nc(C2COc3ccccc3C2)nc(Cl)c1Br. The minimum Gasteiger partial charge on any atom is -0.493 e. The number of halogens is 2. The second kappa shape index (κ2) is 6.30. The molecule has 1 atom stereocenters. The molecule has 0 fully saturated rings. The van der Waals surface area contributed by atoms with E-state index in [-0.39, 0.29) is 5.92 Å². The lowest BCUT2D eigenvalue weighted by molar-refractivity contribution is 0.180. The monoisotopic (exact) mass is 368 g/mol. The Labute approximate surface area is 136 Å². The number of aromatic nitrogens is 2. The molecule has 0 amide bonds. The highest BCUT2D eigenvalue weighted by Gasteiger charge is 2.25. The van der Waals surface area contributed by atoms with Gasteiger partial charge in [0.05, 0.1) is 29.3 Å². The number of benzene rings is 1. The Morgan fingerprint density at radius 2 is 2.19 bits per heavy atom. The van der Waals surface area contributed by atoms with Gasteiger partial charge in [-0.15, -0.1) is 0 Å². The van der Waals surface area contributed by atoms with Gasteiger partial charge in [0.1, 0.15) is 16.7 Å². The van der Waals surface area contributed by atoms with Crippen molar-refractivity contribution < 1.29 is 9.47 Å². The second-order valence-electron chi connectivity index (χ2n) is 4.89. The predicted octanol–water partition coefficient (Wildman–Crippen LogP) is 3.76. The number of para-hydroxylation sites is 1. The fraction of sp³-hybridized carbons (Fsp3) is 0.333. The van der Waals surface area contributed by atoms with Crippen LogP contribution in [-0.2, 0) is 17.8 Å². The summed E-state index contributed by atoms with van der Waals surface area (Å²) < 4.78 is 11.6. The quantitative estimate of drug-likeness (QED) is 0.773. The van der Waals surface area contributed by atoms with Crippen LogP contribution in [0.3, 0.4) is 0 Å². The average molecular weight is 370 g/mol. The van der Waals surface area contributed by atoms with E-state index in [4.69, 9.17) is 21.1 Å². The van der Waals surface area contributed by atoms with Gasteiger partial charge >= 0.3 is 0 Å². The van der Waals surface area contributed by atoms with Crippen LogP contribution in [0.4, 0.5) is 0 Å². The molecule has 4 nitrogen and oxygen atoms in total. The molecule has 2 aromatic rings. The molecule has 0 bridgehead atoms. The number of nitrogens with zero attached hydrogens (tertiary/aromatic N) is 2. The topological polar surface area (TPSA) is 44.2 Å². The van der Waals surface area contributed by atoms with E-state index in [0.717, 1.165) is 17.9 Å². The minimum absolute atomic E-state index is 0.0982. The molecule has 1 aliphatic rings. The van der Waals surface area contributed by atoms with Crippen LogP contribution in [0.1, 0.15) is 23.0 Å². The summed E-state index contributed by atoms with van der Waals surface area (Å²) >= 11 is 9.58. The Kier molecular flexibility index (Phi) is 4.42. The lowest BCUT2D eigenvalue weighted by Crippen LogP contribution is -2.22. The van der Waals surface area contributed by atoms with Gasteiger partial charge in [0.15, 0.2) is 0 Å². The van der Waals surface area contributed by atoms with Crippen molar-refractivity contribution >= 4 is 27.5 Å². The zero-order valence-electron chi connectivity index (χ0n) is 11.5. The fourth-order valence-corrected chi connectivity index (χ4v) is 2.88. The third-order valence-electron chi connectivity index (χ3n) is 3.42. The molecule has 1 unspecified atom stereocenters. The lowest BCUT2D eigenvalue weighted by Gasteiger charge is -2.24. The summed E-state index contributed by atoms with van der Waals surface area (Å²) in [6, 6.07) is 8.04. The van der Waals surface area contributed by atoms with E-state index in [1.54, 1.807) is 7.11 Å². The molecule has 0 saturated heterocycles. The number of methoxy groups -OCH3 is 1. The van der Waals surface area contributed by atoms with Crippen molar-refractivity contribution in [2.45, 2.75) is 18.9 Å². The molecule has 110 valence electrons. The second-order valence-corrected chi connectivity index (χ2v) is 6.04. The Morgan fingerprint density at radius 3 is 3.00 bits per heavy atom. The largest absolute Gasteiger partial charge is 0.493 e. The molecule has 2 heterocycles. The minimum atomic E-state index is 0.0982. The van der Waals surface area contributed by atoms with Gasteiger partial charge in [0, 0.05) is 7.11 Å². The van der Waals surface area contributed by atoms with E-state index in [9.17, 15) is 0 Å². The van der Waals surface area contributed by atoms with Crippen molar-refractivity contribution in [1.29, 1.82) is 0 Å². The van der Waals surface area contributed by atoms with Crippen LogP contribution in [0, 0.1) is 0 Å². The Hall–Kier alpha value is -1.17. The fourth-order valence-electron chi connectivity index (χ4n) is 2.39. The van der Waals surface area contributed by atoms with Gasteiger partial charge < -0.3 is 9.47 Å². The maximum Gasteiger partial charge on any atom is 0.147 e. The molecule has 1 aromatic heterocycles. The number of fused-ring (bicyclic) bond motifs is 1. The molecule has 21 heavy (non-hydrogen) atoms. The highest BCUT2D eigenvalue weighted by molar-refractivity contribution is 9.10. The van der Waals surface area contributed by atoms with Gasteiger partial charge in [-0.25, -0.2) is 9.97 Å². The number of hydrogen-bond donors (Lipinski definition) is 0. The van der Waals surface area contributed by atoms with E-state index in [2.05, 4.69) is 32.0 Å². The summed E-state index contributed by atoms with van der Waals surface area (Å²) in [6.45, 7) is 0.946. The van der Waals surface area contributed by atoms with Crippen molar-refractivity contribution in [3.8, 4) is 5.75 Å². The first-order valence-corrected chi connectivity index (χ1v) is 7.77. The van der Waals surface area contributed by atoms with Crippen molar-refractivity contribution in [1.82, 2.24) is 9.97 Å². The Bertz CT molecular complexity index is 666. The van der Waals surface area contributed by atoms with Crippen molar-refractivity contribution in [2.24, 2.45) is 0 Å². The third kappa shape index (κ3) is 3.05. The first kappa shape index (κ1) is 14.8. The number of rotatable bonds is 3. The van der Waals surface area contributed by atoms with E-state index in [1.807, 2.05) is 18.2 Å². The molecule has 6 heteroatoms. The van der Waals surface area contributed by atoms with Crippen LogP contribution < -0.4 is 4.74 Å². The van der Waals surface area contributed by atoms with Gasteiger partial charge in [-0.05, 0) is 34.0 Å². The molecule has 0 N–H and O–H groups in total. The molecular formula is C15H14BrClN2O2. The smallest absolute Gasteiger partial charge is 0.147 e. The molecule has 0 radical (unpaired) electrons. The molecule has 3 rings (SSSR count). The summed E-state index contributed by atoms with van der Waals surface area (Å²) in [4.78, 5) is 8.96. The molecular weight excluding hydrogens is 356 g/mol. The standard InChI is InChI=1S/C15H14BrClN2O2/c1-20-8-11-13(16)14(17)19-15(18-11)10-6-9-4-2-3-5-12(9)21-7-10/h2-5,10H,6-8H2,1H3. The summed E-state index contributed by atoms with van der Waals surface area (Å²) in [5.74, 6) is 1.74. The van der Waals surface area contributed by atoms with Crippen molar-refractivity contribution in [2.75, 3.05) is 13.7 Å². The first-order chi connectivity index (χ1) is 10.2. The maximum atomic E-state index is 6.18. The molecule has 0 spiro atoms. The summed E-state index contributed by atoms with van der Waals surface area (Å²) in [5, 5.41) is 0.408. The zero-order chi connectivity index (χ0) is 14.8. The van der Waals surface area contributed by atoms with Gasteiger partial charge in [-0.3, -0.25) is 0 Å². The lowest BCUT2D eigenvalue weighted by atomic mass is 9.96. The molecule has 0 saturated carbocycles. The van der Waals surface area contributed by atoms with Crippen molar-refractivity contribution in [3.05, 3.63) is 51.0 Å². The molecule has 1 aliphatic heterocycles. The van der Waals surface area contributed by atoms with Crippen molar-refractivity contribution in [3.63, 3.8) is 0 Å². The molecule has 1 aromatic carbocycles. The molecule has 0 aliphatic carbocycles. The first-order valence-electron chi connectivity index (χ1n) is 6.60. The van der Waals surface area contributed by atoms with E-state index in [0.29, 0.717) is 28.7 Å². The van der Waals surface area contributed by atoms with Gasteiger partial charge in [0.2, 0.25) is 0 Å². The predicted molar refractivity (Wildman–Crippen MR) is 83.8 cm³/mol. The van der Waals surface area contributed by atoms with Gasteiger partial charge in [-0.1, -0.05) is 29.8 Å². The maximum absolute atomic E-state index is 6.18. The van der Waals surface area contributed by atoms with E-state index >= 15 is 0 Å². The van der Waals surface area contributed by atoms with Gasteiger partial charge in [-0.2, -0.15) is 0 Å². The third-order valence-corrected chi connectivity index (χ3v) is 4.76. The Morgan fingerprint density at radius 1 is 1.38 bits per heavy atom.